The monoisotopic (exact) mass is 255 g/mol. The van der Waals surface area contributed by atoms with Gasteiger partial charge in [-0.1, -0.05) is 24.3 Å². The van der Waals surface area contributed by atoms with E-state index in [-0.39, 0.29) is 0 Å². The molecule has 0 saturated carbocycles. The van der Waals surface area contributed by atoms with Crippen LogP contribution < -0.4 is 5.32 Å². The van der Waals surface area contributed by atoms with Crippen molar-refractivity contribution in [2.24, 2.45) is 0 Å². The maximum absolute atomic E-state index is 4.43. The molecule has 1 aliphatic rings. The summed E-state index contributed by atoms with van der Waals surface area (Å²) in [5, 5.41) is 3.18. The van der Waals surface area contributed by atoms with Gasteiger partial charge in [0, 0.05) is 24.9 Å². The van der Waals surface area contributed by atoms with Gasteiger partial charge in [0.2, 0.25) is 0 Å². The number of benzene rings is 1. The molecule has 1 aliphatic carbocycles. The van der Waals surface area contributed by atoms with Gasteiger partial charge in [-0.2, -0.15) is 0 Å². The van der Waals surface area contributed by atoms with Crippen molar-refractivity contribution in [3.8, 4) is 0 Å². The lowest BCUT2D eigenvalue weighted by Gasteiger charge is -2.26. The van der Waals surface area contributed by atoms with Gasteiger partial charge >= 0.3 is 0 Å². The van der Waals surface area contributed by atoms with Crippen LogP contribution in [0.5, 0.6) is 0 Å². The Labute approximate surface area is 114 Å². The number of nitrogens with zero attached hydrogens (tertiary/aromatic N) is 2. The van der Waals surface area contributed by atoms with Gasteiger partial charge in [0.1, 0.15) is 5.82 Å². The van der Waals surface area contributed by atoms with Gasteiger partial charge in [0.25, 0.3) is 0 Å². The van der Waals surface area contributed by atoms with E-state index in [1.54, 1.807) is 0 Å². The third-order valence-electron chi connectivity index (χ3n) is 4.05. The van der Waals surface area contributed by atoms with Crippen LogP contribution in [0, 0.1) is 0 Å². The summed E-state index contributed by atoms with van der Waals surface area (Å²) in [6, 6.07) is 8.90. The Bertz CT molecular complexity index is 544. The van der Waals surface area contributed by atoms with E-state index in [4.69, 9.17) is 0 Å². The molecule has 1 atom stereocenters. The average Bonchev–Trinajstić information content (AvgIpc) is 2.87. The van der Waals surface area contributed by atoms with E-state index < -0.39 is 0 Å². The lowest BCUT2D eigenvalue weighted by molar-refractivity contribution is 0.470. The molecule has 0 bridgehead atoms. The Morgan fingerprint density at radius 3 is 3.16 bits per heavy atom. The van der Waals surface area contributed by atoms with E-state index in [1.807, 2.05) is 13.2 Å². The number of rotatable bonds is 4. The zero-order valence-electron chi connectivity index (χ0n) is 11.5. The molecule has 19 heavy (non-hydrogen) atoms. The Morgan fingerprint density at radius 1 is 1.37 bits per heavy atom. The molecule has 3 heteroatoms. The van der Waals surface area contributed by atoms with Crippen LogP contribution in [0.1, 0.15) is 35.7 Å². The molecule has 1 aromatic heterocycles. The summed E-state index contributed by atoms with van der Waals surface area (Å²) in [5.41, 5.74) is 3.08. The van der Waals surface area contributed by atoms with Gasteiger partial charge in [0.05, 0.1) is 6.54 Å². The molecule has 100 valence electrons. The normalized spacial score (nSPS) is 18.3. The van der Waals surface area contributed by atoms with E-state index >= 15 is 0 Å². The second kappa shape index (κ2) is 5.57. The fourth-order valence-corrected chi connectivity index (χ4v) is 3.11. The van der Waals surface area contributed by atoms with Crippen molar-refractivity contribution in [2.75, 3.05) is 7.05 Å². The molecule has 3 nitrogen and oxygen atoms in total. The van der Waals surface area contributed by atoms with Crippen molar-refractivity contribution in [1.82, 2.24) is 14.9 Å². The lowest BCUT2D eigenvalue weighted by Crippen LogP contribution is -2.18. The molecule has 0 aliphatic heterocycles. The van der Waals surface area contributed by atoms with Crippen molar-refractivity contribution >= 4 is 0 Å². The van der Waals surface area contributed by atoms with Crippen LogP contribution in [0.25, 0.3) is 0 Å². The smallest absolute Gasteiger partial charge is 0.122 e. The second-order valence-corrected chi connectivity index (χ2v) is 5.31. The van der Waals surface area contributed by atoms with Gasteiger partial charge in [0.15, 0.2) is 0 Å². The van der Waals surface area contributed by atoms with Crippen LogP contribution in [0.2, 0.25) is 0 Å². The van der Waals surface area contributed by atoms with Crippen LogP contribution in [-0.2, 0) is 19.5 Å². The highest BCUT2D eigenvalue weighted by Gasteiger charge is 2.20. The van der Waals surface area contributed by atoms with Crippen LogP contribution in [0.15, 0.2) is 36.7 Å². The molecule has 1 heterocycles. The van der Waals surface area contributed by atoms with Crippen molar-refractivity contribution in [3.05, 3.63) is 53.6 Å². The highest BCUT2D eigenvalue weighted by Crippen LogP contribution is 2.32. The fraction of sp³-hybridized carbons (Fsp3) is 0.438. The first-order valence-electron chi connectivity index (χ1n) is 7.11. The van der Waals surface area contributed by atoms with Gasteiger partial charge in [-0.3, -0.25) is 0 Å². The van der Waals surface area contributed by atoms with Crippen molar-refractivity contribution in [1.29, 1.82) is 0 Å². The first-order chi connectivity index (χ1) is 9.38. The van der Waals surface area contributed by atoms with E-state index in [2.05, 4.69) is 45.3 Å². The number of hydrogen-bond donors (Lipinski definition) is 1. The highest BCUT2D eigenvalue weighted by molar-refractivity contribution is 5.32. The minimum Gasteiger partial charge on any atom is -0.333 e. The number of aryl methyl sites for hydroxylation is 1. The maximum atomic E-state index is 4.43. The van der Waals surface area contributed by atoms with Crippen LogP contribution in [0.4, 0.5) is 0 Å². The SMILES string of the molecule is CNCc1nccn1CC1CCCc2ccccc21. The predicted octanol–water partition coefficient (Wildman–Crippen LogP) is 2.72. The zero-order chi connectivity index (χ0) is 13.1. The third kappa shape index (κ3) is 2.56. The second-order valence-electron chi connectivity index (χ2n) is 5.31. The van der Waals surface area contributed by atoms with Gasteiger partial charge in [-0.15, -0.1) is 0 Å². The first-order valence-corrected chi connectivity index (χ1v) is 7.11. The van der Waals surface area contributed by atoms with Crippen molar-refractivity contribution in [2.45, 2.75) is 38.3 Å². The summed E-state index contributed by atoms with van der Waals surface area (Å²) in [7, 11) is 1.97. The molecule has 1 aromatic carbocycles. The van der Waals surface area contributed by atoms with Crippen molar-refractivity contribution in [3.63, 3.8) is 0 Å². The third-order valence-corrected chi connectivity index (χ3v) is 4.05. The molecule has 2 aromatic rings. The zero-order valence-corrected chi connectivity index (χ0v) is 11.5. The number of aromatic nitrogens is 2. The topological polar surface area (TPSA) is 29.9 Å². The Morgan fingerprint density at radius 2 is 2.26 bits per heavy atom. The van der Waals surface area contributed by atoms with Crippen LogP contribution in [-0.4, -0.2) is 16.6 Å². The first kappa shape index (κ1) is 12.4. The molecule has 3 rings (SSSR count). The molecular weight excluding hydrogens is 234 g/mol. The molecule has 0 spiro atoms. The van der Waals surface area contributed by atoms with E-state index in [0.717, 1.165) is 18.9 Å². The molecule has 1 unspecified atom stereocenters. The molecule has 0 radical (unpaired) electrons. The average molecular weight is 255 g/mol. The standard InChI is InChI=1S/C16H21N3/c1-17-11-16-18-9-10-19(16)12-14-7-4-6-13-5-2-3-8-15(13)14/h2-3,5,8-10,14,17H,4,6-7,11-12H2,1H3. The van der Waals surface area contributed by atoms with Gasteiger partial charge in [-0.05, 0) is 37.4 Å². The maximum Gasteiger partial charge on any atom is 0.122 e. The van der Waals surface area contributed by atoms with Crippen LogP contribution in [0.3, 0.4) is 0 Å². The quantitative estimate of drug-likeness (QED) is 0.910. The van der Waals surface area contributed by atoms with E-state index in [0.29, 0.717) is 5.92 Å². The minimum atomic E-state index is 0.634. The summed E-state index contributed by atoms with van der Waals surface area (Å²) in [6.07, 6.45) is 7.83. The van der Waals surface area contributed by atoms with Crippen molar-refractivity contribution < 1.29 is 0 Å². The fourth-order valence-electron chi connectivity index (χ4n) is 3.11. The molecule has 1 N–H and O–H groups in total. The Hall–Kier alpha value is -1.61. The number of hydrogen-bond acceptors (Lipinski definition) is 2. The summed E-state index contributed by atoms with van der Waals surface area (Å²) in [5.74, 6) is 1.76. The molecule has 0 fully saturated rings. The summed E-state index contributed by atoms with van der Waals surface area (Å²) in [6.45, 7) is 1.88. The molecule has 0 amide bonds. The number of fused-ring (bicyclic) bond motifs is 1. The van der Waals surface area contributed by atoms with E-state index in [9.17, 15) is 0 Å². The molecule has 0 saturated heterocycles. The molecular formula is C16H21N3. The summed E-state index contributed by atoms with van der Waals surface area (Å²) < 4.78 is 2.29. The predicted molar refractivity (Wildman–Crippen MR) is 77.1 cm³/mol. The largest absolute Gasteiger partial charge is 0.333 e. The van der Waals surface area contributed by atoms with Gasteiger partial charge < -0.3 is 9.88 Å². The van der Waals surface area contributed by atoms with Gasteiger partial charge in [-0.25, -0.2) is 4.98 Å². The highest BCUT2D eigenvalue weighted by atomic mass is 15.1. The lowest BCUT2D eigenvalue weighted by atomic mass is 9.83. The number of nitrogens with one attached hydrogen (secondary N) is 1. The number of imidazole rings is 1. The van der Waals surface area contributed by atoms with E-state index in [1.165, 1.54) is 30.4 Å². The van der Waals surface area contributed by atoms with Crippen LogP contribution >= 0.6 is 0 Å². The summed E-state index contributed by atoms with van der Waals surface area (Å²) in [4.78, 5) is 4.43. The Balaban J connectivity index is 1.82. The summed E-state index contributed by atoms with van der Waals surface area (Å²) >= 11 is 0. The Kier molecular flexibility index (Phi) is 3.65. The minimum absolute atomic E-state index is 0.634.